The molecule has 0 heterocycles. The molecule has 0 bridgehead atoms. The van der Waals surface area contributed by atoms with Gasteiger partial charge in [0.05, 0.1) is 17.1 Å². The maximum absolute atomic E-state index is 11.3. The standard InChI is InChI=1S/C13H16N2O5/c1-3-7-14(8-9-20-2)12-10(13(16)17)5-4-6-11(12)15(18)19/h3-6H,1,7-9H2,2H3,(H,16,17). The van der Waals surface area contributed by atoms with Crippen molar-refractivity contribution in [3.05, 3.63) is 46.5 Å². The minimum atomic E-state index is -1.21. The molecular weight excluding hydrogens is 264 g/mol. The molecule has 1 aromatic carbocycles. The molecule has 20 heavy (non-hydrogen) atoms. The zero-order valence-electron chi connectivity index (χ0n) is 11.1. The van der Waals surface area contributed by atoms with E-state index in [1.807, 2.05) is 0 Å². The van der Waals surface area contributed by atoms with Crippen LogP contribution >= 0.6 is 0 Å². The van der Waals surface area contributed by atoms with E-state index in [2.05, 4.69) is 6.58 Å². The molecule has 1 N–H and O–H groups in total. The SMILES string of the molecule is C=CCN(CCOC)c1c(C(=O)O)cccc1[N+](=O)[O-]. The quantitative estimate of drug-likeness (QED) is 0.444. The Labute approximate surface area is 116 Å². The summed E-state index contributed by atoms with van der Waals surface area (Å²) in [5.74, 6) is -1.21. The molecule has 0 aliphatic rings. The Kier molecular flexibility index (Phi) is 5.67. The van der Waals surface area contributed by atoms with Crippen LogP contribution in [0.3, 0.4) is 0 Å². The van der Waals surface area contributed by atoms with E-state index in [0.717, 1.165) is 0 Å². The molecule has 7 nitrogen and oxygen atoms in total. The van der Waals surface area contributed by atoms with E-state index in [1.165, 1.54) is 25.3 Å². The molecule has 108 valence electrons. The second-order valence-corrected chi connectivity index (χ2v) is 3.96. The average molecular weight is 280 g/mol. The van der Waals surface area contributed by atoms with Crippen LogP contribution < -0.4 is 4.90 Å². The summed E-state index contributed by atoms with van der Waals surface area (Å²) in [6.07, 6.45) is 1.55. The molecule has 0 unspecified atom stereocenters. The van der Waals surface area contributed by atoms with Gasteiger partial charge in [0, 0.05) is 26.3 Å². The number of rotatable bonds is 8. The average Bonchev–Trinajstić information content (AvgIpc) is 2.42. The third-order valence-corrected chi connectivity index (χ3v) is 2.67. The first-order valence-corrected chi connectivity index (χ1v) is 5.88. The van der Waals surface area contributed by atoms with Gasteiger partial charge >= 0.3 is 5.97 Å². The highest BCUT2D eigenvalue weighted by atomic mass is 16.6. The number of para-hydroxylation sites is 1. The monoisotopic (exact) mass is 280 g/mol. The number of carboxylic acid groups (broad SMARTS) is 1. The van der Waals surface area contributed by atoms with Gasteiger partial charge in [0.25, 0.3) is 5.69 Å². The molecule has 0 spiro atoms. The smallest absolute Gasteiger partial charge is 0.338 e. The van der Waals surface area contributed by atoms with Crippen LogP contribution in [0.1, 0.15) is 10.4 Å². The van der Waals surface area contributed by atoms with Gasteiger partial charge in [-0.25, -0.2) is 4.79 Å². The van der Waals surface area contributed by atoms with Crippen LogP contribution in [0.4, 0.5) is 11.4 Å². The summed E-state index contributed by atoms with van der Waals surface area (Å²) in [7, 11) is 1.50. The van der Waals surface area contributed by atoms with Gasteiger partial charge < -0.3 is 14.7 Å². The number of carbonyl (C=O) groups is 1. The molecule has 0 saturated carbocycles. The lowest BCUT2D eigenvalue weighted by Gasteiger charge is -2.24. The molecule has 0 fully saturated rings. The predicted octanol–water partition coefficient (Wildman–Crippen LogP) is 1.93. The van der Waals surface area contributed by atoms with E-state index < -0.39 is 10.9 Å². The van der Waals surface area contributed by atoms with Crippen molar-refractivity contribution in [1.29, 1.82) is 0 Å². The van der Waals surface area contributed by atoms with Crippen molar-refractivity contribution in [2.45, 2.75) is 0 Å². The normalized spacial score (nSPS) is 10.1. The van der Waals surface area contributed by atoms with Gasteiger partial charge in [-0.1, -0.05) is 12.1 Å². The van der Waals surface area contributed by atoms with Gasteiger partial charge in [0.1, 0.15) is 5.69 Å². The topological polar surface area (TPSA) is 92.9 Å². The third kappa shape index (κ3) is 3.55. The van der Waals surface area contributed by atoms with Gasteiger partial charge in [-0.2, -0.15) is 0 Å². The van der Waals surface area contributed by atoms with Crippen molar-refractivity contribution < 1.29 is 19.6 Å². The molecule has 0 amide bonds. The molecule has 0 saturated heterocycles. The van der Waals surface area contributed by atoms with Gasteiger partial charge in [0.2, 0.25) is 0 Å². The largest absolute Gasteiger partial charge is 0.478 e. The lowest BCUT2D eigenvalue weighted by Crippen LogP contribution is -2.29. The highest BCUT2D eigenvalue weighted by Gasteiger charge is 2.25. The number of benzene rings is 1. The molecular formula is C13H16N2O5. The lowest BCUT2D eigenvalue weighted by molar-refractivity contribution is -0.384. The van der Waals surface area contributed by atoms with E-state index in [0.29, 0.717) is 13.2 Å². The van der Waals surface area contributed by atoms with E-state index in [-0.39, 0.29) is 23.5 Å². The number of carboxylic acids is 1. The summed E-state index contributed by atoms with van der Waals surface area (Å²) in [5.41, 5.74) is -0.290. The first-order valence-electron chi connectivity index (χ1n) is 5.88. The summed E-state index contributed by atoms with van der Waals surface area (Å²) in [6, 6.07) is 3.98. The number of aromatic carboxylic acids is 1. The van der Waals surface area contributed by atoms with Crippen LogP contribution in [0.5, 0.6) is 0 Å². The highest BCUT2D eigenvalue weighted by Crippen LogP contribution is 2.32. The van der Waals surface area contributed by atoms with Crippen LogP contribution in [-0.2, 0) is 4.74 Å². The van der Waals surface area contributed by atoms with Gasteiger partial charge in [-0.15, -0.1) is 6.58 Å². The minimum absolute atomic E-state index is 0.0713. The highest BCUT2D eigenvalue weighted by molar-refractivity contribution is 5.97. The van der Waals surface area contributed by atoms with Crippen molar-refractivity contribution in [3.8, 4) is 0 Å². The molecule has 1 rings (SSSR count). The minimum Gasteiger partial charge on any atom is -0.478 e. The van der Waals surface area contributed by atoms with Crippen molar-refractivity contribution in [3.63, 3.8) is 0 Å². The summed E-state index contributed by atoms with van der Waals surface area (Å²) in [4.78, 5) is 23.4. The van der Waals surface area contributed by atoms with Crippen molar-refractivity contribution in [2.75, 3.05) is 31.7 Å². The molecule has 7 heteroatoms. The van der Waals surface area contributed by atoms with Gasteiger partial charge in [0.15, 0.2) is 0 Å². The van der Waals surface area contributed by atoms with E-state index in [9.17, 15) is 20.0 Å². The summed E-state index contributed by atoms with van der Waals surface area (Å²) < 4.78 is 4.95. The fraction of sp³-hybridized carbons (Fsp3) is 0.308. The first-order chi connectivity index (χ1) is 9.52. The number of hydrogen-bond donors (Lipinski definition) is 1. The van der Waals surface area contributed by atoms with Crippen LogP contribution in [-0.4, -0.2) is 42.8 Å². The van der Waals surface area contributed by atoms with Gasteiger partial charge in [-0.3, -0.25) is 10.1 Å². The number of anilines is 1. The van der Waals surface area contributed by atoms with Crippen LogP contribution in [0, 0.1) is 10.1 Å². The fourth-order valence-electron chi connectivity index (χ4n) is 1.84. The molecule has 0 aliphatic heterocycles. The summed E-state index contributed by atoms with van der Waals surface area (Å²) >= 11 is 0. The van der Waals surface area contributed by atoms with Crippen LogP contribution in [0.2, 0.25) is 0 Å². The molecule has 0 radical (unpaired) electrons. The molecule has 0 aliphatic carbocycles. The summed E-state index contributed by atoms with van der Waals surface area (Å²) in [5, 5.41) is 20.3. The number of ether oxygens (including phenoxy) is 1. The number of nitrogens with zero attached hydrogens (tertiary/aromatic N) is 2. The van der Waals surface area contributed by atoms with Crippen molar-refractivity contribution >= 4 is 17.3 Å². The number of nitro groups is 1. The molecule has 0 aromatic heterocycles. The lowest BCUT2D eigenvalue weighted by atomic mass is 10.1. The third-order valence-electron chi connectivity index (χ3n) is 2.67. The number of methoxy groups -OCH3 is 1. The maximum atomic E-state index is 11.3. The molecule has 0 atom stereocenters. The zero-order chi connectivity index (χ0) is 15.1. The van der Waals surface area contributed by atoms with Crippen molar-refractivity contribution in [1.82, 2.24) is 0 Å². The van der Waals surface area contributed by atoms with Crippen LogP contribution in [0.25, 0.3) is 0 Å². The Hall–Kier alpha value is -2.41. The Bertz CT molecular complexity index is 483. The Morgan fingerprint density at radius 1 is 1.60 bits per heavy atom. The van der Waals surface area contributed by atoms with E-state index in [4.69, 9.17) is 4.74 Å². The fourth-order valence-corrected chi connectivity index (χ4v) is 1.84. The predicted molar refractivity (Wildman–Crippen MR) is 74.3 cm³/mol. The van der Waals surface area contributed by atoms with Crippen LogP contribution in [0.15, 0.2) is 30.9 Å². The Morgan fingerprint density at radius 3 is 2.80 bits per heavy atom. The van der Waals surface area contributed by atoms with E-state index >= 15 is 0 Å². The number of hydrogen-bond acceptors (Lipinski definition) is 5. The van der Waals surface area contributed by atoms with Gasteiger partial charge in [-0.05, 0) is 6.07 Å². The second kappa shape index (κ2) is 7.25. The Balaban J connectivity index is 3.37. The zero-order valence-corrected chi connectivity index (χ0v) is 11.1. The van der Waals surface area contributed by atoms with E-state index in [1.54, 1.807) is 11.0 Å². The second-order valence-electron chi connectivity index (χ2n) is 3.96. The number of nitro benzene ring substituents is 1. The Morgan fingerprint density at radius 2 is 2.30 bits per heavy atom. The maximum Gasteiger partial charge on any atom is 0.338 e. The first kappa shape index (κ1) is 15.6. The van der Waals surface area contributed by atoms with Crippen molar-refractivity contribution in [2.24, 2.45) is 0 Å². The summed E-state index contributed by atoms with van der Waals surface area (Å²) in [6.45, 7) is 4.51. The molecule has 1 aromatic rings.